The Balaban J connectivity index is 3.58. The fourth-order valence-electron chi connectivity index (χ4n) is 6.13. The first-order valence-corrected chi connectivity index (χ1v) is 21.9. The molecule has 6 nitrogen and oxygen atoms in total. The van der Waals surface area contributed by atoms with Gasteiger partial charge in [-0.25, -0.2) is 0 Å². The van der Waals surface area contributed by atoms with Crippen LogP contribution in [0.2, 0.25) is 0 Å². The highest BCUT2D eigenvalue weighted by Crippen LogP contribution is 2.12. The molecule has 6 heteroatoms. The van der Waals surface area contributed by atoms with Crippen LogP contribution in [-0.2, 0) is 14.3 Å². The third kappa shape index (κ3) is 37.6. The Morgan fingerprint density at radius 1 is 0.538 bits per heavy atom. The van der Waals surface area contributed by atoms with E-state index in [-0.39, 0.29) is 18.5 Å². The smallest absolute Gasteiger partial charge is 0.305 e. The van der Waals surface area contributed by atoms with E-state index in [0.717, 1.165) is 77.0 Å². The van der Waals surface area contributed by atoms with Crippen LogP contribution in [0.5, 0.6) is 0 Å². The third-order valence-corrected chi connectivity index (χ3v) is 9.56. The Morgan fingerprint density at radius 2 is 0.981 bits per heavy atom. The minimum atomic E-state index is -0.874. The van der Waals surface area contributed by atoms with Gasteiger partial charge < -0.3 is 20.3 Å². The topological polar surface area (TPSA) is 95.9 Å². The average molecular weight is 730 g/mol. The van der Waals surface area contributed by atoms with Gasteiger partial charge in [-0.3, -0.25) is 9.59 Å². The highest BCUT2D eigenvalue weighted by Gasteiger charge is 2.17. The largest absolute Gasteiger partial charge is 0.466 e. The Kier molecular flexibility index (Phi) is 39.8. The first kappa shape index (κ1) is 49.8. The van der Waals surface area contributed by atoms with Crippen LogP contribution >= 0.6 is 0 Å². The monoisotopic (exact) mass is 730 g/mol. The summed E-state index contributed by atoms with van der Waals surface area (Å²) in [6.45, 7) is 4.72. The lowest BCUT2D eigenvalue weighted by Crippen LogP contribution is -2.45. The molecule has 0 aliphatic carbocycles. The molecule has 2 atom stereocenters. The van der Waals surface area contributed by atoms with E-state index in [0.29, 0.717) is 19.4 Å². The zero-order chi connectivity index (χ0) is 38.0. The average Bonchev–Trinajstić information content (AvgIpc) is 3.14. The van der Waals surface area contributed by atoms with Crippen molar-refractivity contribution in [2.75, 3.05) is 13.2 Å². The maximum Gasteiger partial charge on any atom is 0.305 e. The van der Waals surface area contributed by atoms with Gasteiger partial charge >= 0.3 is 5.97 Å². The van der Waals surface area contributed by atoms with E-state index in [1.54, 1.807) is 6.08 Å². The summed E-state index contributed by atoms with van der Waals surface area (Å²) >= 11 is 0. The van der Waals surface area contributed by atoms with E-state index in [9.17, 15) is 19.8 Å². The zero-order valence-electron chi connectivity index (χ0n) is 34.0. The van der Waals surface area contributed by atoms with E-state index in [4.69, 9.17) is 4.74 Å². The van der Waals surface area contributed by atoms with E-state index in [1.807, 2.05) is 6.08 Å². The predicted octanol–water partition coefficient (Wildman–Crippen LogP) is 12.3. The highest BCUT2D eigenvalue weighted by molar-refractivity contribution is 5.76. The summed E-state index contributed by atoms with van der Waals surface area (Å²) in [5.41, 5.74) is 0. The van der Waals surface area contributed by atoms with Gasteiger partial charge in [0, 0.05) is 12.8 Å². The van der Waals surface area contributed by atoms with Crippen molar-refractivity contribution in [3.8, 4) is 0 Å². The second kappa shape index (κ2) is 41.6. The molecule has 0 aromatic heterocycles. The van der Waals surface area contributed by atoms with Crippen LogP contribution in [0, 0.1) is 0 Å². The molecule has 52 heavy (non-hydrogen) atoms. The van der Waals surface area contributed by atoms with Crippen molar-refractivity contribution in [3.05, 3.63) is 48.6 Å². The van der Waals surface area contributed by atoms with Gasteiger partial charge in [-0.1, -0.05) is 159 Å². The molecule has 1 amide bonds. The number of amides is 1. The number of aliphatic hydroxyl groups is 2. The standard InChI is InChI=1S/C46H83NO5/c1-3-5-7-9-11-13-14-15-16-17-18-19-20-24-28-32-36-40-46(51)52-41-37-33-29-25-21-23-27-31-35-39-45(50)47-43(42-48)44(49)38-34-30-26-22-12-10-8-6-4-2/h11,13,15-16,23,27,34,38,43-44,48-49H,3-10,12,14,17-22,24-26,28-33,35-37,39-42H2,1-2H3,(H,47,50)/b13-11-,16-15-,27-23-,38-34+. The molecule has 0 saturated heterocycles. The van der Waals surface area contributed by atoms with Crippen LogP contribution in [0.1, 0.15) is 206 Å². The number of ether oxygens (including phenoxy) is 1. The van der Waals surface area contributed by atoms with Gasteiger partial charge in [0.05, 0.1) is 25.4 Å². The summed E-state index contributed by atoms with van der Waals surface area (Å²) < 4.78 is 5.42. The molecule has 0 radical (unpaired) electrons. The van der Waals surface area contributed by atoms with Crippen molar-refractivity contribution < 1.29 is 24.5 Å². The van der Waals surface area contributed by atoms with Crippen molar-refractivity contribution in [2.45, 2.75) is 219 Å². The molecule has 0 aromatic rings. The number of rotatable bonds is 39. The quantitative estimate of drug-likeness (QED) is 0.0332. The SMILES string of the molecule is CCCCC/C=C\C/C=C\CCCCCCCCCC(=O)OCCCCCC/C=C\CCCC(=O)NC(CO)C(O)/C=C/CCCCCCCCC. The number of allylic oxidation sites excluding steroid dienone is 7. The van der Waals surface area contributed by atoms with Crippen molar-refractivity contribution in [1.29, 1.82) is 0 Å². The number of unbranched alkanes of at least 4 members (excludes halogenated alkanes) is 22. The van der Waals surface area contributed by atoms with Crippen molar-refractivity contribution >= 4 is 11.9 Å². The normalized spacial score (nSPS) is 13.2. The Hall–Kier alpha value is -2.18. The molecule has 0 rings (SSSR count). The molecule has 0 heterocycles. The van der Waals surface area contributed by atoms with Gasteiger partial charge in [0.25, 0.3) is 0 Å². The molecule has 302 valence electrons. The minimum Gasteiger partial charge on any atom is -0.466 e. The Labute approximate surface area is 321 Å². The van der Waals surface area contributed by atoms with Gasteiger partial charge in [-0.05, 0) is 83.5 Å². The summed E-state index contributed by atoms with van der Waals surface area (Å²) in [6, 6.07) is -0.664. The van der Waals surface area contributed by atoms with Crippen molar-refractivity contribution in [1.82, 2.24) is 5.32 Å². The lowest BCUT2D eigenvalue weighted by atomic mass is 10.1. The van der Waals surface area contributed by atoms with Crippen LogP contribution in [0.15, 0.2) is 48.6 Å². The van der Waals surface area contributed by atoms with Gasteiger partial charge in [-0.2, -0.15) is 0 Å². The lowest BCUT2D eigenvalue weighted by Gasteiger charge is -2.19. The van der Waals surface area contributed by atoms with E-state index >= 15 is 0 Å². The van der Waals surface area contributed by atoms with E-state index in [2.05, 4.69) is 55.6 Å². The molecule has 0 bridgehead atoms. The zero-order valence-corrected chi connectivity index (χ0v) is 34.0. The molecule has 0 aliphatic rings. The summed E-state index contributed by atoms with van der Waals surface area (Å²) in [5, 5.41) is 22.8. The number of carbonyl (C=O) groups is 2. The number of nitrogens with one attached hydrogen (secondary N) is 1. The van der Waals surface area contributed by atoms with Crippen LogP contribution in [0.4, 0.5) is 0 Å². The Morgan fingerprint density at radius 3 is 1.56 bits per heavy atom. The van der Waals surface area contributed by atoms with Gasteiger partial charge in [0.15, 0.2) is 0 Å². The molecular weight excluding hydrogens is 647 g/mol. The highest BCUT2D eigenvalue weighted by atomic mass is 16.5. The molecule has 2 unspecified atom stereocenters. The van der Waals surface area contributed by atoms with E-state index in [1.165, 1.54) is 103 Å². The maximum atomic E-state index is 12.3. The van der Waals surface area contributed by atoms with Crippen molar-refractivity contribution in [3.63, 3.8) is 0 Å². The molecular formula is C46H83NO5. The second-order valence-electron chi connectivity index (χ2n) is 14.7. The van der Waals surface area contributed by atoms with Crippen LogP contribution in [0.25, 0.3) is 0 Å². The molecule has 0 aliphatic heterocycles. The number of aliphatic hydroxyl groups excluding tert-OH is 2. The first-order valence-electron chi connectivity index (χ1n) is 21.9. The fraction of sp³-hybridized carbons (Fsp3) is 0.783. The third-order valence-electron chi connectivity index (χ3n) is 9.56. The van der Waals surface area contributed by atoms with Crippen LogP contribution < -0.4 is 5.32 Å². The first-order chi connectivity index (χ1) is 25.5. The van der Waals surface area contributed by atoms with Crippen LogP contribution in [0.3, 0.4) is 0 Å². The van der Waals surface area contributed by atoms with Crippen LogP contribution in [-0.4, -0.2) is 47.4 Å². The summed E-state index contributed by atoms with van der Waals surface area (Å²) in [4.78, 5) is 24.3. The maximum absolute atomic E-state index is 12.3. The van der Waals surface area contributed by atoms with Gasteiger partial charge in [0.1, 0.15) is 0 Å². The van der Waals surface area contributed by atoms with Crippen molar-refractivity contribution in [2.24, 2.45) is 0 Å². The van der Waals surface area contributed by atoms with E-state index < -0.39 is 12.1 Å². The number of esters is 1. The number of carbonyl (C=O) groups excluding carboxylic acids is 2. The van der Waals surface area contributed by atoms with Gasteiger partial charge in [0.2, 0.25) is 5.91 Å². The second-order valence-corrected chi connectivity index (χ2v) is 14.7. The predicted molar refractivity (Wildman–Crippen MR) is 222 cm³/mol. The number of hydrogen-bond acceptors (Lipinski definition) is 5. The number of hydrogen-bond donors (Lipinski definition) is 3. The molecule has 0 spiro atoms. The minimum absolute atomic E-state index is 0.0480. The molecule has 3 N–H and O–H groups in total. The summed E-state index contributed by atoms with van der Waals surface area (Å²) in [5.74, 6) is -0.183. The van der Waals surface area contributed by atoms with Gasteiger partial charge in [-0.15, -0.1) is 0 Å². The summed E-state index contributed by atoms with van der Waals surface area (Å²) in [6.07, 6.45) is 49.6. The molecule has 0 aromatic carbocycles. The summed E-state index contributed by atoms with van der Waals surface area (Å²) in [7, 11) is 0. The molecule has 0 saturated carbocycles. The Bertz CT molecular complexity index is 895. The fourth-order valence-corrected chi connectivity index (χ4v) is 6.13. The molecule has 0 fully saturated rings. The lowest BCUT2D eigenvalue weighted by molar-refractivity contribution is -0.143.